The van der Waals surface area contributed by atoms with Crippen LogP contribution in [0.1, 0.15) is 37.8 Å². The van der Waals surface area contributed by atoms with E-state index in [2.05, 4.69) is 23.1 Å². The molecule has 0 aliphatic heterocycles. The van der Waals surface area contributed by atoms with Crippen LogP contribution in [0.25, 0.3) is 11.1 Å². The van der Waals surface area contributed by atoms with Gasteiger partial charge in [-0.05, 0) is 18.4 Å². The Balaban J connectivity index is 2.13. The van der Waals surface area contributed by atoms with Crippen molar-refractivity contribution in [2.24, 2.45) is 13.0 Å². The standard InChI is InChI=1S/C15H20N4/c1-10-5-3-7-12(10)14-13(15(16)19(2)18-14)11-6-4-8-17-9-11/h4,6,8-10,12H,3,5,7,16H2,1-2H3. The Hall–Kier alpha value is -1.84. The van der Waals surface area contributed by atoms with E-state index in [-0.39, 0.29) is 0 Å². The summed E-state index contributed by atoms with van der Waals surface area (Å²) >= 11 is 0. The molecule has 0 saturated heterocycles. The van der Waals surface area contributed by atoms with Crippen LogP contribution < -0.4 is 5.73 Å². The fraction of sp³-hybridized carbons (Fsp3) is 0.467. The Morgan fingerprint density at radius 3 is 2.84 bits per heavy atom. The summed E-state index contributed by atoms with van der Waals surface area (Å²) in [5, 5.41) is 4.68. The molecule has 2 aromatic rings. The van der Waals surface area contributed by atoms with Gasteiger partial charge >= 0.3 is 0 Å². The normalized spacial score (nSPS) is 22.8. The van der Waals surface area contributed by atoms with E-state index in [1.165, 1.54) is 19.3 Å². The number of rotatable bonds is 2. The molecule has 2 atom stereocenters. The van der Waals surface area contributed by atoms with Crippen molar-refractivity contribution in [3.63, 3.8) is 0 Å². The lowest BCUT2D eigenvalue weighted by atomic mass is 9.90. The lowest BCUT2D eigenvalue weighted by Crippen LogP contribution is -2.05. The topological polar surface area (TPSA) is 56.7 Å². The highest BCUT2D eigenvalue weighted by Gasteiger charge is 2.31. The van der Waals surface area contributed by atoms with E-state index in [9.17, 15) is 0 Å². The molecule has 2 aromatic heterocycles. The predicted octanol–water partition coefficient (Wildman–Crippen LogP) is 2.97. The summed E-state index contributed by atoms with van der Waals surface area (Å²) in [4.78, 5) is 4.21. The molecule has 0 bridgehead atoms. The second-order valence-electron chi connectivity index (χ2n) is 5.53. The molecule has 3 rings (SSSR count). The number of aromatic nitrogens is 3. The quantitative estimate of drug-likeness (QED) is 0.898. The summed E-state index contributed by atoms with van der Waals surface area (Å²) in [6.45, 7) is 2.32. The van der Waals surface area contributed by atoms with Crippen molar-refractivity contribution in [2.45, 2.75) is 32.1 Å². The molecule has 0 aromatic carbocycles. The van der Waals surface area contributed by atoms with Gasteiger partial charge in [-0.2, -0.15) is 5.10 Å². The highest BCUT2D eigenvalue weighted by atomic mass is 15.3. The van der Waals surface area contributed by atoms with Crippen LogP contribution in [-0.4, -0.2) is 14.8 Å². The fourth-order valence-electron chi connectivity index (χ4n) is 3.18. The van der Waals surface area contributed by atoms with Crippen LogP contribution in [0, 0.1) is 5.92 Å². The molecular formula is C15H20N4. The van der Waals surface area contributed by atoms with Gasteiger partial charge in [-0.25, -0.2) is 0 Å². The molecular weight excluding hydrogens is 236 g/mol. The third-order valence-electron chi connectivity index (χ3n) is 4.28. The predicted molar refractivity (Wildman–Crippen MR) is 76.6 cm³/mol. The van der Waals surface area contributed by atoms with Crippen LogP contribution in [0.15, 0.2) is 24.5 Å². The molecule has 0 spiro atoms. The summed E-state index contributed by atoms with van der Waals surface area (Å²) in [5.41, 5.74) is 9.52. The maximum absolute atomic E-state index is 6.22. The molecule has 1 aliphatic rings. The van der Waals surface area contributed by atoms with Gasteiger partial charge in [0.05, 0.1) is 5.69 Å². The summed E-state index contributed by atoms with van der Waals surface area (Å²) in [6, 6.07) is 4.01. The second-order valence-corrected chi connectivity index (χ2v) is 5.53. The van der Waals surface area contributed by atoms with Crippen LogP contribution >= 0.6 is 0 Å². The maximum atomic E-state index is 6.22. The van der Waals surface area contributed by atoms with Gasteiger partial charge in [0.2, 0.25) is 0 Å². The van der Waals surface area contributed by atoms with E-state index in [1.54, 1.807) is 10.9 Å². The van der Waals surface area contributed by atoms with Crippen LogP contribution in [0.4, 0.5) is 5.82 Å². The zero-order valence-electron chi connectivity index (χ0n) is 11.5. The number of hydrogen-bond donors (Lipinski definition) is 1. The molecule has 1 aliphatic carbocycles. The SMILES string of the molecule is CC1CCCC1c1nn(C)c(N)c1-c1cccnc1. The number of anilines is 1. The average molecular weight is 256 g/mol. The molecule has 1 saturated carbocycles. The summed E-state index contributed by atoms with van der Waals surface area (Å²) in [7, 11) is 1.92. The number of hydrogen-bond acceptors (Lipinski definition) is 3. The van der Waals surface area contributed by atoms with E-state index in [0.717, 1.165) is 22.6 Å². The number of nitrogens with zero attached hydrogens (tertiary/aromatic N) is 3. The Labute approximate surface area is 113 Å². The van der Waals surface area contributed by atoms with Gasteiger partial charge in [-0.1, -0.05) is 25.8 Å². The minimum Gasteiger partial charge on any atom is -0.383 e. The first-order chi connectivity index (χ1) is 9.18. The van der Waals surface area contributed by atoms with E-state index in [4.69, 9.17) is 5.73 Å². The van der Waals surface area contributed by atoms with Gasteiger partial charge in [0.15, 0.2) is 0 Å². The van der Waals surface area contributed by atoms with Crippen molar-refractivity contribution in [1.82, 2.24) is 14.8 Å². The first-order valence-corrected chi connectivity index (χ1v) is 6.91. The number of pyridine rings is 1. The minimum atomic E-state index is 0.527. The Morgan fingerprint density at radius 1 is 1.37 bits per heavy atom. The van der Waals surface area contributed by atoms with E-state index < -0.39 is 0 Å². The Kier molecular flexibility index (Phi) is 3.01. The molecule has 2 N–H and O–H groups in total. The smallest absolute Gasteiger partial charge is 0.129 e. The lowest BCUT2D eigenvalue weighted by molar-refractivity contribution is 0.516. The summed E-state index contributed by atoms with van der Waals surface area (Å²) in [5.74, 6) is 1.95. The second kappa shape index (κ2) is 4.68. The van der Waals surface area contributed by atoms with Gasteiger partial charge in [-0.15, -0.1) is 0 Å². The van der Waals surface area contributed by atoms with Gasteiger partial charge < -0.3 is 5.73 Å². The highest BCUT2D eigenvalue weighted by molar-refractivity contribution is 5.76. The third-order valence-corrected chi connectivity index (χ3v) is 4.28. The van der Waals surface area contributed by atoms with Crippen LogP contribution in [-0.2, 0) is 7.05 Å². The van der Waals surface area contributed by atoms with E-state index in [1.807, 2.05) is 19.3 Å². The van der Waals surface area contributed by atoms with Gasteiger partial charge in [0, 0.05) is 36.5 Å². The van der Waals surface area contributed by atoms with Crippen molar-refractivity contribution in [3.8, 4) is 11.1 Å². The molecule has 0 amide bonds. The average Bonchev–Trinajstić information content (AvgIpc) is 2.96. The molecule has 100 valence electrons. The van der Waals surface area contributed by atoms with Crippen LogP contribution in [0.5, 0.6) is 0 Å². The van der Waals surface area contributed by atoms with Crippen LogP contribution in [0.2, 0.25) is 0 Å². The van der Waals surface area contributed by atoms with E-state index >= 15 is 0 Å². The number of nitrogens with two attached hydrogens (primary N) is 1. The Morgan fingerprint density at radius 2 is 2.21 bits per heavy atom. The lowest BCUT2D eigenvalue weighted by Gasteiger charge is -2.14. The summed E-state index contributed by atoms with van der Waals surface area (Å²) < 4.78 is 1.79. The third kappa shape index (κ3) is 2.01. The Bertz CT molecular complexity index is 573. The molecule has 2 unspecified atom stereocenters. The van der Waals surface area contributed by atoms with E-state index in [0.29, 0.717) is 11.8 Å². The molecule has 4 nitrogen and oxygen atoms in total. The molecule has 19 heavy (non-hydrogen) atoms. The van der Waals surface area contributed by atoms with Crippen LogP contribution in [0.3, 0.4) is 0 Å². The van der Waals surface area contributed by atoms with Gasteiger partial charge in [0.1, 0.15) is 5.82 Å². The maximum Gasteiger partial charge on any atom is 0.129 e. The first-order valence-electron chi connectivity index (χ1n) is 6.91. The number of aryl methyl sites for hydroxylation is 1. The molecule has 4 heteroatoms. The molecule has 1 fully saturated rings. The minimum absolute atomic E-state index is 0.527. The van der Waals surface area contributed by atoms with Gasteiger partial charge in [-0.3, -0.25) is 9.67 Å². The zero-order valence-corrected chi connectivity index (χ0v) is 11.5. The first kappa shape index (κ1) is 12.2. The fourth-order valence-corrected chi connectivity index (χ4v) is 3.18. The largest absolute Gasteiger partial charge is 0.383 e. The van der Waals surface area contributed by atoms with Gasteiger partial charge in [0.25, 0.3) is 0 Å². The highest BCUT2D eigenvalue weighted by Crippen LogP contribution is 2.43. The number of nitrogen functional groups attached to an aromatic ring is 1. The van der Waals surface area contributed by atoms with Crippen molar-refractivity contribution in [1.29, 1.82) is 0 Å². The monoisotopic (exact) mass is 256 g/mol. The van der Waals surface area contributed by atoms with Crippen molar-refractivity contribution in [3.05, 3.63) is 30.2 Å². The summed E-state index contributed by atoms with van der Waals surface area (Å²) in [6.07, 6.45) is 7.44. The van der Waals surface area contributed by atoms with Crippen molar-refractivity contribution in [2.75, 3.05) is 5.73 Å². The van der Waals surface area contributed by atoms with Crippen molar-refractivity contribution < 1.29 is 0 Å². The van der Waals surface area contributed by atoms with Crippen molar-refractivity contribution >= 4 is 5.82 Å². The molecule has 2 heterocycles. The molecule has 0 radical (unpaired) electrons. The zero-order chi connectivity index (χ0) is 13.4.